The molecule has 0 spiro atoms. The number of aliphatic carboxylic acids is 1. The minimum absolute atomic E-state index is 0.570. The van der Waals surface area contributed by atoms with Gasteiger partial charge in [-0.15, -0.1) is 0 Å². The average Bonchev–Trinajstić information content (AvgIpc) is 2.83. The Hall–Kier alpha value is -2.04. The Morgan fingerprint density at radius 3 is 2.76 bits per heavy atom. The van der Waals surface area contributed by atoms with E-state index in [2.05, 4.69) is 15.0 Å². The van der Waals surface area contributed by atoms with E-state index in [4.69, 9.17) is 0 Å². The van der Waals surface area contributed by atoms with Gasteiger partial charge in [-0.2, -0.15) is 0 Å². The Labute approximate surface area is 97.9 Å². The molecule has 2 heterocycles. The van der Waals surface area contributed by atoms with Crippen LogP contribution in [0.15, 0.2) is 24.5 Å². The molecule has 3 N–H and O–H groups in total. The molecule has 5 heteroatoms. The van der Waals surface area contributed by atoms with Gasteiger partial charge in [-0.25, -0.2) is 4.98 Å². The van der Waals surface area contributed by atoms with E-state index in [-0.39, 0.29) is 0 Å². The summed E-state index contributed by atoms with van der Waals surface area (Å²) in [4.78, 5) is 21.7. The number of nitrogens with one attached hydrogen (secondary N) is 2. The first kappa shape index (κ1) is 10.1. The van der Waals surface area contributed by atoms with Crippen molar-refractivity contribution in [2.45, 2.75) is 24.7 Å². The summed E-state index contributed by atoms with van der Waals surface area (Å²) in [7, 11) is 0. The standard InChI is InChI=1S/C12H13N3O2/c16-11(17)12(4-2-5-12)10-14-7-9(15-10)8-3-1-6-13-8/h1,3,6-7,13H,2,4-5H2,(H,14,15)(H,16,17). The fourth-order valence-electron chi connectivity index (χ4n) is 2.28. The third-order valence-electron chi connectivity index (χ3n) is 3.53. The monoisotopic (exact) mass is 231 g/mol. The number of carboxylic acids is 1. The van der Waals surface area contributed by atoms with Crippen molar-refractivity contribution in [2.24, 2.45) is 0 Å². The number of nitrogens with zero attached hydrogens (tertiary/aromatic N) is 1. The molecule has 88 valence electrons. The van der Waals surface area contributed by atoms with Gasteiger partial charge in [0, 0.05) is 6.20 Å². The number of rotatable bonds is 3. The van der Waals surface area contributed by atoms with Crippen molar-refractivity contribution >= 4 is 5.97 Å². The van der Waals surface area contributed by atoms with Gasteiger partial charge in [0.25, 0.3) is 0 Å². The first-order valence-corrected chi connectivity index (χ1v) is 5.65. The van der Waals surface area contributed by atoms with Crippen LogP contribution in [0.5, 0.6) is 0 Å². The number of imidazole rings is 1. The van der Waals surface area contributed by atoms with Crippen molar-refractivity contribution in [3.8, 4) is 11.4 Å². The van der Waals surface area contributed by atoms with Crippen LogP contribution in [0.3, 0.4) is 0 Å². The molecular weight excluding hydrogens is 218 g/mol. The van der Waals surface area contributed by atoms with E-state index in [1.54, 1.807) is 6.20 Å². The van der Waals surface area contributed by atoms with E-state index < -0.39 is 11.4 Å². The van der Waals surface area contributed by atoms with Crippen molar-refractivity contribution in [3.63, 3.8) is 0 Å². The van der Waals surface area contributed by atoms with Gasteiger partial charge in [0.05, 0.1) is 17.6 Å². The zero-order valence-corrected chi connectivity index (χ0v) is 9.23. The van der Waals surface area contributed by atoms with Crippen LogP contribution in [0, 0.1) is 0 Å². The lowest BCUT2D eigenvalue weighted by Crippen LogP contribution is -2.43. The molecule has 1 saturated carbocycles. The molecule has 1 aliphatic rings. The van der Waals surface area contributed by atoms with Gasteiger partial charge in [0.2, 0.25) is 0 Å². The second kappa shape index (κ2) is 3.48. The number of carbonyl (C=O) groups is 1. The lowest BCUT2D eigenvalue weighted by atomic mass is 9.68. The highest BCUT2D eigenvalue weighted by Crippen LogP contribution is 2.42. The molecule has 0 aromatic carbocycles. The van der Waals surface area contributed by atoms with Crippen LogP contribution >= 0.6 is 0 Å². The number of aromatic amines is 2. The van der Waals surface area contributed by atoms with Crippen LogP contribution in [-0.2, 0) is 10.2 Å². The van der Waals surface area contributed by atoms with Gasteiger partial charge in [-0.1, -0.05) is 6.42 Å². The summed E-state index contributed by atoms with van der Waals surface area (Å²) in [6.45, 7) is 0. The quantitative estimate of drug-likeness (QED) is 0.754. The third-order valence-corrected chi connectivity index (χ3v) is 3.53. The number of aromatic nitrogens is 3. The van der Waals surface area contributed by atoms with Gasteiger partial charge in [-0.3, -0.25) is 4.79 Å². The van der Waals surface area contributed by atoms with Gasteiger partial charge < -0.3 is 15.1 Å². The predicted octanol–water partition coefficient (Wildman–Crippen LogP) is 1.91. The summed E-state index contributed by atoms with van der Waals surface area (Å²) in [5.74, 6) is -0.211. The highest BCUT2D eigenvalue weighted by molar-refractivity contribution is 5.81. The van der Waals surface area contributed by atoms with E-state index in [0.29, 0.717) is 18.7 Å². The maximum Gasteiger partial charge on any atom is 0.317 e. The predicted molar refractivity (Wildman–Crippen MR) is 61.5 cm³/mol. The minimum Gasteiger partial charge on any atom is -0.480 e. The molecule has 0 bridgehead atoms. The number of hydrogen-bond donors (Lipinski definition) is 3. The molecule has 1 aliphatic carbocycles. The molecule has 0 saturated heterocycles. The molecule has 2 aromatic rings. The van der Waals surface area contributed by atoms with Gasteiger partial charge in [-0.05, 0) is 25.0 Å². The van der Waals surface area contributed by atoms with E-state index >= 15 is 0 Å². The second-order valence-corrected chi connectivity index (χ2v) is 4.47. The molecule has 2 aromatic heterocycles. The largest absolute Gasteiger partial charge is 0.480 e. The van der Waals surface area contributed by atoms with Crippen LogP contribution in [0.2, 0.25) is 0 Å². The van der Waals surface area contributed by atoms with Crippen LogP contribution < -0.4 is 0 Å². The summed E-state index contributed by atoms with van der Waals surface area (Å²) in [5.41, 5.74) is 0.964. The Kier molecular flexibility index (Phi) is 2.07. The molecule has 3 rings (SSSR count). The lowest BCUT2D eigenvalue weighted by Gasteiger charge is -2.35. The van der Waals surface area contributed by atoms with E-state index in [9.17, 15) is 9.90 Å². The minimum atomic E-state index is -0.787. The fraction of sp³-hybridized carbons (Fsp3) is 0.333. The Morgan fingerprint density at radius 1 is 1.41 bits per heavy atom. The molecule has 0 aliphatic heterocycles. The maximum atomic E-state index is 11.3. The van der Waals surface area contributed by atoms with E-state index in [1.807, 2.05) is 18.3 Å². The zero-order valence-electron chi connectivity index (χ0n) is 9.23. The molecule has 0 unspecified atom stereocenters. The SMILES string of the molecule is O=C(O)C1(c2ncc(-c3ccc[nH]3)[nH]2)CCC1. The summed E-state index contributed by atoms with van der Waals surface area (Å²) < 4.78 is 0. The fourth-order valence-corrected chi connectivity index (χ4v) is 2.28. The topological polar surface area (TPSA) is 81.8 Å². The van der Waals surface area contributed by atoms with Crippen molar-refractivity contribution in [3.05, 3.63) is 30.4 Å². The van der Waals surface area contributed by atoms with Crippen LogP contribution in [-0.4, -0.2) is 26.0 Å². The van der Waals surface area contributed by atoms with Crippen LogP contribution in [0.1, 0.15) is 25.1 Å². The van der Waals surface area contributed by atoms with E-state index in [1.165, 1.54) is 0 Å². The summed E-state index contributed by atoms with van der Waals surface area (Å²) in [6.07, 6.45) is 5.79. The van der Waals surface area contributed by atoms with Crippen molar-refractivity contribution < 1.29 is 9.90 Å². The van der Waals surface area contributed by atoms with Gasteiger partial charge >= 0.3 is 5.97 Å². The number of carboxylic acid groups (broad SMARTS) is 1. The normalized spacial score (nSPS) is 17.6. The van der Waals surface area contributed by atoms with Gasteiger partial charge in [0.15, 0.2) is 0 Å². The maximum absolute atomic E-state index is 11.3. The Bertz CT molecular complexity index is 538. The molecule has 1 fully saturated rings. The molecule has 5 nitrogen and oxygen atoms in total. The highest BCUT2D eigenvalue weighted by atomic mass is 16.4. The lowest BCUT2D eigenvalue weighted by molar-refractivity contribution is -0.147. The number of H-pyrrole nitrogens is 2. The van der Waals surface area contributed by atoms with Crippen LogP contribution in [0.25, 0.3) is 11.4 Å². The summed E-state index contributed by atoms with van der Waals surface area (Å²) in [5, 5.41) is 9.31. The van der Waals surface area contributed by atoms with Crippen molar-refractivity contribution in [1.82, 2.24) is 15.0 Å². The Morgan fingerprint density at radius 2 is 2.24 bits per heavy atom. The summed E-state index contributed by atoms with van der Waals surface area (Å²) in [6, 6.07) is 3.82. The first-order chi connectivity index (χ1) is 8.22. The van der Waals surface area contributed by atoms with Gasteiger partial charge in [0.1, 0.15) is 11.2 Å². The third kappa shape index (κ3) is 1.39. The van der Waals surface area contributed by atoms with Crippen molar-refractivity contribution in [1.29, 1.82) is 0 Å². The zero-order chi connectivity index (χ0) is 11.9. The smallest absolute Gasteiger partial charge is 0.317 e. The second-order valence-electron chi connectivity index (χ2n) is 4.47. The number of hydrogen-bond acceptors (Lipinski definition) is 2. The average molecular weight is 231 g/mol. The molecule has 0 radical (unpaired) electrons. The highest BCUT2D eigenvalue weighted by Gasteiger charge is 2.48. The first-order valence-electron chi connectivity index (χ1n) is 5.65. The van der Waals surface area contributed by atoms with Crippen molar-refractivity contribution in [2.75, 3.05) is 0 Å². The molecular formula is C12H13N3O2. The Balaban J connectivity index is 1.98. The molecule has 0 amide bonds. The molecule has 0 atom stereocenters. The van der Waals surface area contributed by atoms with E-state index in [0.717, 1.165) is 17.8 Å². The molecule has 17 heavy (non-hydrogen) atoms. The summed E-state index contributed by atoms with van der Waals surface area (Å²) >= 11 is 0. The van der Waals surface area contributed by atoms with Crippen LogP contribution in [0.4, 0.5) is 0 Å².